The Bertz CT molecular complexity index is 125. The predicted molar refractivity (Wildman–Crippen MR) is 42.1 cm³/mol. The van der Waals surface area contributed by atoms with Crippen molar-refractivity contribution in [3.05, 3.63) is 0 Å². The van der Waals surface area contributed by atoms with Gasteiger partial charge in [-0.25, -0.2) is 0 Å². The Morgan fingerprint density at radius 1 is 1.80 bits per heavy atom. The molecule has 1 unspecified atom stereocenters. The van der Waals surface area contributed by atoms with Crippen molar-refractivity contribution < 1.29 is 9.53 Å². The summed E-state index contributed by atoms with van der Waals surface area (Å²) in [4.78, 5) is 10.6. The largest absolute Gasteiger partial charge is 0.462 e. The van der Waals surface area contributed by atoms with Gasteiger partial charge in [-0.15, -0.1) is 0 Å². The van der Waals surface area contributed by atoms with Crippen LogP contribution in [0.2, 0.25) is 0 Å². The van der Waals surface area contributed by atoms with Gasteiger partial charge < -0.3 is 4.74 Å². The molecule has 1 aliphatic heterocycles. The van der Waals surface area contributed by atoms with E-state index < -0.39 is 0 Å². The van der Waals surface area contributed by atoms with E-state index in [0.29, 0.717) is 6.42 Å². The Morgan fingerprint density at radius 3 is 3.10 bits per heavy atom. The van der Waals surface area contributed by atoms with E-state index in [4.69, 9.17) is 4.74 Å². The van der Waals surface area contributed by atoms with Crippen molar-refractivity contribution in [3.8, 4) is 0 Å². The van der Waals surface area contributed by atoms with Gasteiger partial charge >= 0.3 is 5.97 Å². The molecule has 3 heteroatoms. The highest BCUT2D eigenvalue weighted by atomic mass is 32.2. The molecule has 0 amide bonds. The number of hydrogen-bond acceptors (Lipinski definition) is 3. The fourth-order valence-corrected chi connectivity index (χ4v) is 1.53. The minimum Gasteiger partial charge on any atom is -0.462 e. The molecule has 1 saturated heterocycles. The molecule has 1 atom stereocenters. The third-order valence-corrected chi connectivity index (χ3v) is 2.26. The Labute approximate surface area is 65.3 Å². The molecule has 0 spiro atoms. The zero-order valence-corrected chi connectivity index (χ0v) is 6.95. The summed E-state index contributed by atoms with van der Waals surface area (Å²) < 4.78 is 5.01. The molecule has 0 aromatic carbocycles. The molecule has 0 N–H and O–H groups in total. The lowest BCUT2D eigenvalue weighted by Gasteiger charge is -2.05. The molecule has 0 saturated carbocycles. The van der Waals surface area contributed by atoms with Crippen LogP contribution in [0.5, 0.6) is 0 Å². The van der Waals surface area contributed by atoms with Crippen molar-refractivity contribution >= 4 is 17.7 Å². The Kier molecular flexibility index (Phi) is 3.06. The van der Waals surface area contributed by atoms with Gasteiger partial charge in [0, 0.05) is 6.42 Å². The summed E-state index contributed by atoms with van der Waals surface area (Å²) in [7, 11) is 0. The van der Waals surface area contributed by atoms with Crippen molar-refractivity contribution in [2.24, 2.45) is 0 Å². The standard InChI is InChI=1S/C7H12O2S/c1-10-5-4-6-2-3-7(8)9-6/h6H,2-5H2,1H3. The molecule has 0 radical (unpaired) electrons. The van der Waals surface area contributed by atoms with Crippen LogP contribution in [0.15, 0.2) is 0 Å². The maximum atomic E-state index is 10.6. The van der Waals surface area contributed by atoms with Crippen LogP contribution in [0.3, 0.4) is 0 Å². The predicted octanol–water partition coefficient (Wildman–Crippen LogP) is 1.45. The van der Waals surface area contributed by atoms with E-state index in [9.17, 15) is 4.79 Å². The quantitative estimate of drug-likeness (QED) is 0.584. The Hall–Kier alpha value is -0.180. The van der Waals surface area contributed by atoms with Crippen molar-refractivity contribution in [1.29, 1.82) is 0 Å². The highest BCUT2D eigenvalue weighted by molar-refractivity contribution is 7.98. The third-order valence-electron chi connectivity index (χ3n) is 1.61. The number of esters is 1. The second-order valence-electron chi connectivity index (χ2n) is 2.43. The number of ether oxygens (including phenoxy) is 1. The molecule has 1 aliphatic rings. The first-order valence-corrected chi connectivity index (χ1v) is 4.90. The first-order valence-electron chi connectivity index (χ1n) is 3.51. The summed E-state index contributed by atoms with van der Waals surface area (Å²) in [6, 6.07) is 0. The van der Waals surface area contributed by atoms with Crippen molar-refractivity contribution in [1.82, 2.24) is 0 Å². The third kappa shape index (κ3) is 2.21. The van der Waals surface area contributed by atoms with Crippen molar-refractivity contribution in [2.75, 3.05) is 12.0 Å². The molecular formula is C7H12O2S. The number of hydrogen-bond donors (Lipinski definition) is 0. The average Bonchev–Trinajstić information content (AvgIpc) is 2.31. The van der Waals surface area contributed by atoms with Crippen LogP contribution in [0.1, 0.15) is 19.3 Å². The van der Waals surface area contributed by atoms with E-state index in [2.05, 4.69) is 6.26 Å². The van der Waals surface area contributed by atoms with Crippen molar-refractivity contribution in [2.45, 2.75) is 25.4 Å². The maximum Gasteiger partial charge on any atom is 0.306 e. The molecule has 0 aliphatic carbocycles. The summed E-state index contributed by atoms with van der Waals surface area (Å²) in [5, 5.41) is 0. The van der Waals surface area contributed by atoms with Gasteiger partial charge in [-0.1, -0.05) is 0 Å². The highest BCUT2D eigenvalue weighted by Crippen LogP contribution is 2.17. The molecule has 0 aromatic heterocycles. The summed E-state index contributed by atoms with van der Waals surface area (Å²) in [6.45, 7) is 0. The SMILES string of the molecule is CSCCC1CCC(=O)O1. The molecule has 58 valence electrons. The van der Waals surface area contributed by atoms with E-state index >= 15 is 0 Å². The number of carbonyl (C=O) groups excluding carboxylic acids is 1. The zero-order chi connectivity index (χ0) is 7.40. The topological polar surface area (TPSA) is 26.3 Å². The molecule has 1 fully saturated rings. The molecular weight excluding hydrogens is 148 g/mol. The highest BCUT2D eigenvalue weighted by Gasteiger charge is 2.22. The normalized spacial score (nSPS) is 24.9. The summed E-state index contributed by atoms with van der Waals surface area (Å²) in [5.41, 5.74) is 0. The molecule has 0 aromatic rings. The minimum atomic E-state index is -0.0221. The minimum absolute atomic E-state index is 0.0221. The van der Waals surface area contributed by atoms with E-state index in [1.807, 2.05) is 0 Å². The van der Waals surface area contributed by atoms with Crippen LogP contribution < -0.4 is 0 Å². The second kappa shape index (κ2) is 3.86. The van der Waals surface area contributed by atoms with Gasteiger partial charge in [-0.05, 0) is 24.9 Å². The van der Waals surface area contributed by atoms with Crippen LogP contribution in [0.25, 0.3) is 0 Å². The first kappa shape index (κ1) is 7.92. The summed E-state index contributed by atoms with van der Waals surface area (Å²) in [6.07, 6.45) is 4.86. The Morgan fingerprint density at radius 2 is 2.60 bits per heavy atom. The molecule has 1 heterocycles. The number of rotatable bonds is 3. The number of carbonyl (C=O) groups is 1. The summed E-state index contributed by atoms with van der Waals surface area (Å²) in [5.74, 6) is 1.07. The van der Waals surface area contributed by atoms with Gasteiger partial charge in [0.1, 0.15) is 6.10 Å². The van der Waals surface area contributed by atoms with Gasteiger partial charge in [0.25, 0.3) is 0 Å². The fraction of sp³-hybridized carbons (Fsp3) is 0.857. The van der Waals surface area contributed by atoms with Gasteiger partial charge in [0.2, 0.25) is 0 Å². The van der Waals surface area contributed by atoms with Crippen LogP contribution in [0, 0.1) is 0 Å². The van der Waals surface area contributed by atoms with E-state index in [0.717, 1.165) is 18.6 Å². The van der Waals surface area contributed by atoms with Crippen LogP contribution >= 0.6 is 11.8 Å². The molecule has 0 bridgehead atoms. The zero-order valence-electron chi connectivity index (χ0n) is 6.13. The number of thioether (sulfide) groups is 1. The fourth-order valence-electron chi connectivity index (χ4n) is 1.04. The molecule has 10 heavy (non-hydrogen) atoms. The summed E-state index contributed by atoms with van der Waals surface area (Å²) >= 11 is 1.80. The van der Waals surface area contributed by atoms with Gasteiger partial charge in [0.05, 0.1) is 0 Å². The second-order valence-corrected chi connectivity index (χ2v) is 3.42. The number of cyclic esters (lactones) is 1. The van der Waals surface area contributed by atoms with E-state index in [1.54, 1.807) is 11.8 Å². The Balaban J connectivity index is 2.12. The average molecular weight is 160 g/mol. The van der Waals surface area contributed by atoms with Gasteiger partial charge in [-0.3, -0.25) is 4.79 Å². The lowest BCUT2D eigenvalue weighted by Crippen LogP contribution is -2.07. The smallest absolute Gasteiger partial charge is 0.306 e. The van der Waals surface area contributed by atoms with Gasteiger partial charge in [0.15, 0.2) is 0 Å². The van der Waals surface area contributed by atoms with E-state index in [1.165, 1.54) is 0 Å². The monoisotopic (exact) mass is 160 g/mol. The van der Waals surface area contributed by atoms with Crippen LogP contribution in [-0.2, 0) is 9.53 Å². The lowest BCUT2D eigenvalue weighted by atomic mass is 10.2. The maximum absolute atomic E-state index is 10.6. The van der Waals surface area contributed by atoms with Crippen LogP contribution in [-0.4, -0.2) is 24.1 Å². The lowest BCUT2D eigenvalue weighted by molar-refractivity contribution is -0.141. The van der Waals surface area contributed by atoms with E-state index in [-0.39, 0.29) is 12.1 Å². The first-order chi connectivity index (χ1) is 4.83. The van der Waals surface area contributed by atoms with Crippen molar-refractivity contribution in [3.63, 3.8) is 0 Å². The molecule has 2 nitrogen and oxygen atoms in total. The molecule has 1 rings (SSSR count). The van der Waals surface area contributed by atoms with Gasteiger partial charge in [-0.2, -0.15) is 11.8 Å². The van der Waals surface area contributed by atoms with Crippen LogP contribution in [0.4, 0.5) is 0 Å².